The molecule has 88 valence electrons. The third-order valence-electron chi connectivity index (χ3n) is 2.00. The van der Waals surface area contributed by atoms with Crippen molar-refractivity contribution < 1.29 is 14.3 Å². The van der Waals surface area contributed by atoms with E-state index in [1.807, 2.05) is 19.1 Å². The Labute approximate surface area is 104 Å². The summed E-state index contributed by atoms with van der Waals surface area (Å²) in [5, 5.41) is 0. The normalized spacial score (nSPS) is 10.1. The van der Waals surface area contributed by atoms with Crippen LogP contribution >= 0.6 is 15.9 Å². The minimum absolute atomic E-state index is 0.597. The third kappa shape index (κ3) is 4.33. The van der Waals surface area contributed by atoms with Crippen LogP contribution in [-0.4, -0.2) is 26.1 Å². The monoisotopic (exact) mass is 286 g/mol. The summed E-state index contributed by atoms with van der Waals surface area (Å²) in [7, 11) is 0. The van der Waals surface area contributed by atoms with Gasteiger partial charge in [-0.3, -0.25) is 4.79 Å². The molecule has 3 nitrogen and oxygen atoms in total. The van der Waals surface area contributed by atoms with Crippen LogP contribution in [0.2, 0.25) is 0 Å². The maximum atomic E-state index is 10.7. The van der Waals surface area contributed by atoms with Crippen LogP contribution in [0.25, 0.3) is 0 Å². The lowest BCUT2D eigenvalue weighted by molar-refractivity contribution is 0.112. The lowest BCUT2D eigenvalue weighted by Crippen LogP contribution is -2.03. The van der Waals surface area contributed by atoms with Gasteiger partial charge < -0.3 is 9.47 Å². The highest BCUT2D eigenvalue weighted by Crippen LogP contribution is 2.21. The maximum Gasteiger partial charge on any atom is 0.151 e. The third-order valence-corrected chi connectivity index (χ3v) is 2.72. The summed E-state index contributed by atoms with van der Waals surface area (Å²) in [4.78, 5) is 10.7. The summed E-state index contributed by atoms with van der Waals surface area (Å²) in [6, 6.07) is 5.36. The van der Waals surface area contributed by atoms with E-state index < -0.39 is 0 Å². The van der Waals surface area contributed by atoms with Gasteiger partial charge in [-0.25, -0.2) is 0 Å². The second-order valence-electron chi connectivity index (χ2n) is 3.20. The summed E-state index contributed by atoms with van der Waals surface area (Å²) >= 11 is 3.29. The number of hydrogen-bond acceptors (Lipinski definition) is 3. The Morgan fingerprint density at radius 2 is 2.19 bits per heavy atom. The van der Waals surface area contributed by atoms with E-state index in [2.05, 4.69) is 15.9 Å². The molecule has 0 saturated carbocycles. The molecular formula is C12H15BrO3. The Hall–Kier alpha value is -0.870. The fraction of sp³-hybridized carbons (Fsp3) is 0.417. The molecule has 4 heteroatoms. The number of carbonyl (C=O) groups excluding carboxylic acids is 1. The fourth-order valence-corrected chi connectivity index (χ4v) is 1.54. The second kappa shape index (κ2) is 7.41. The Balaban J connectivity index is 2.39. The predicted molar refractivity (Wildman–Crippen MR) is 66.1 cm³/mol. The van der Waals surface area contributed by atoms with Crippen molar-refractivity contribution in [3.63, 3.8) is 0 Å². The summed E-state index contributed by atoms with van der Waals surface area (Å²) in [6.07, 6.45) is 1.65. The van der Waals surface area contributed by atoms with Crippen LogP contribution in [0.1, 0.15) is 23.7 Å². The standard InChI is InChI=1S/C12H15BrO3/c1-2-15-6-3-7-16-11-4-5-12(13)10(8-11)9-14/h4-5,8-9H,2-3,6-7H2,1H3. The first-order chi connectivity index (χ1) is 7.77. The van der Waals surface area contributed by atoms with Gasteiger partial charge in [0, 0.05) is 29.7 Å². The Bertz CT molecular complexity index is 339. The Morgan fingerprint density at radius 1 is 1.38 bits per heavy atom. The van der Waals surface area contributed by atoms with E-state index in [1.165, 1.54) is 0 Å². The van der Waals surface area contributed by atoms with Gasteiger partial charge in [0.2, 0.25) is 0 Å². The highest BCUT2D eigenvalue weighted by atomic mass is 79.9. The number of benzene rings is 1. The molecule has 0 amide bonds. The first kappa shape index (κ1) is 13.2. The molecule has 0 aromatic heterocycles. The molecule has 0 aliphatic rings. The van der Waals surface area contributed by atoms with Crippen molar-refractivity contribution in [2.24, 2.45) is 0 Å². The van der Waals surface area contributed by atoms with Crippen LogP contribution < -0.4 is 4.74 Å². The van der Waals surface area contributed by atoms with E-state index in [4.69, 9.17) is 9.47 Å². The van der Waals surface area contributed by atoms with Gasteiger partial charge in [-0.2, -0.15) is 0 Å². The number of rotatable bonds is 7. The van der Waals surface area contributed by atoms with Crippen LogP contribution in [0.5, 0.6) is 5.75 Å². The molecular weight excluding hydrogens is 272 g/mol. The van der Waals surface area contributed by atoms with Crippen LogP contribution in [-0.2, 0) is 4.74 Å². The SMILES string of the molecule is CCOCCCOc1ccc(Br)c(C=O)c1. The number of halogens is 1. The molecule has 0 aliphatic carbocycles. The second-order valence-corrected chi connectivity index (χ2v) is 4.05. The van der Waals surface area contributed by atoms with E-state index in [1.54, 1.807) is 6.07 Å². The number of hydrogen-bond donors (Lipinski definition) is 0. The lowest BCUT2D eigenvalue weighted by Gasteiger charge is -2.07. The van der Waals surface area contributed by atoms with Crippen molar-refractivity contribution in [3.05, 3.63) is 28.2 Å². The summed E-state index contributed by atoms with van der Waals surface area (Å²) in [6.45, 7) is 3.99. The molecule has 1 aromatic rings. The largest absolute Gasteiger partial charge is 0.493 e. The fourth-order valence-electron chi connectivity index (χ4n) is 1.20. The smallest absolute Gasteiger partial charge is 0.151 e. The van der Waals surface area contributed by atoms with Crippen molar-refractivity contribution >= 4 is 22.2 Å². The van der Waals surface area contributed by atoms with E-state index in [-0.39, 0.29) is 0 Å². The molecule has 0 bridgehead atoms. The molecule has 0 spiro atoms. The molecule has 16 heavy (non-hydrogen) atoms. The highest BCUT2D eigenvalue weighted by Gasteiger charge is 2.01. The predicted octanol–water partition coefficient (Wildman–Crippen LogP) is 3.07. The van der Waals surface area contributed by atoms with Crippen molar-refractivity contribution in [1.82, 2.24) is 0 Å². The van der Waals surface area contributed by atoms with E-state index in [9.17, 15) is 4.79 Å². The Morgan fingerprint density at radius 3 is 2.88 bits per heavy atom. The molecule has 1 aromatic carbocycles. The van der Waals surface area contributed by atoms with Crippen LogP contribution in [0.3, 0.4) is 0 Å². The zero-order valence-electron chi connectivity index (χ0n) is 9.24. The first-order valence-electron chi connectivity index (χ1n) is 5.23. The minimum Gasteiger partial charge on any atom is -0.493 e. The average molecular weight is 287 g/mol. The molecule has 0 N–H and O–H groups in total. The highest BCUT2D eigenvalue weighted by molar-refractivity contribution is 9.10. The van der Waals surface area contributed by atoms with Gasteiger partial charge in [0.1, 0.15) is 5.75 Å². The summed E-state index contributed by atoms with van der Waals surface area (Å²) in [5.74, 6) is 0.710. The van der Waals surface area contributed by atoms with E-state index in [0.717, 1.165) is 23.8 Å². The zero-order chi connectivity index (χ0) is 11.8. The van der Waals surface area contributed by atoms with E-state index in [0.29, 0.717) is 24.5 Å². The molecule has 0 fully saturated rings. The minimum atomic E-state index is 0.597. The van der Waals surface area contributed by atoms with Gasteiger partial charge >= 0.3 is 0 Å². The van der Waals surface area contributed by atoms with Crippen LogP contribution in [0.15, 0.2) is 22.7 Å². The van der Waals surface area contributed by atoms with Crippen molar-refractivity contribution in [2.45, 2.75) is 13.3 Å². The average Bonchev–Trinajstić information content (AvgIpc) is 2.31. The molecule has 0 heterocycles. The summed E-state index contributed by atoms with van der Waals surface area (Å²) < 4.78 is 11.5. The van der Waals surface area contributed by atoms with Gasteiger partial charge in [0.25, 0.3) is 0 Å². The van der Waals surface area contributed by atoms with Crippen molar-refractivity contribution in [2.75, 3.05) is 19.8 Å². The number of aldehydes is 1. The summed E-state index contributed by atoms with van der Waals surface area (Å²) in [5.41, 5.74) is 0.599. The first-order valence-corrected chi connectivity index (χ1v) is 6.02. The van der Waals surface area contributed by atoms with Crippen molar-refractivity contribution in [3.8, 4) is 5.75 Å². The Kier molecular flexibility index (Phi) is 6.11. The molecule has 0 aliphatic heterocycles. The molecule has 0 atom stereocenters. The maximum absolute atomic E-state index is 10.7. The van der Waals surface area contributed by atoms with Crippen LogP contribution in [0.4, 0.5) is 0 Å². The van der Waals surface area contributed by atoms with Gasteiger partial charge in [-0.15, -0.1) is 0 Å². The molecule has 0 radical (unpaired) electrons. The van der Waals surface area contributed by atoms with E-state index >= 15 is 0 Å². The van der Waals surface area contributed by atoms with Crippen molar-refractivity contribution in [1.29, 1.82) is 0 Å². The van der Waals surface area contributed by atoms with Gasteiger partial charge in [-0.05, 0) is 25.1 Å². The quantitative estimate of drug-likeness (QED) is 0.571. The molecule has 0 saturated heterocycles. The lowest BCUT2D eigenvalue weighted by atomic mass is 10.2. The van der Waals surface area contributed by atoms with Crippen LogP contribution in [0, 0.1) is 0 Å². The molecule has 0 unspecified atom stereocenters. The van der Waals surface area contributed by atoms with Gasteiger partial charge in [0.05, 0.1) is 6.61 Å². The zero-order valence-corrected chi connectivity index (χ0v) is 10.8. The molecule has 1 rings (SSSR count). The number of carbonyl (C=O) groups is 1. The van der Waals surface area contributed by atoms with Gasteiger partial charge in [-0.1, -0.05) is 15.9 Å². The topological polar surface area (TPSA) is 35.5 Å². The van der Waals surface area contributed by atoms with Gasteiger partial charge in [0.15, 0.2) is 6.29 Å². The number of ether oxygens (including phenoxy) is 2.